The van der Waals surface area contributed by atoms with Crippen molar-refractivity contribution in [3.05, 3.63) is 23.5 Å². The van der Waals surface area contributed by atoms with Gasteiger partial charge in [-0.15, -0.1) is 16.4 Å². The summed E-state index contributed by atoms with van der Waals surface area (Å²) < 4.78 is 1.79. The van der Waals surface area contributed by atoms with Gasteiger partial charge in [0.25, 0.3) is 0 Å². The van der Waals surface area contributed by atoms with E-state index >= 15 is 0 Å². The number of rotatable bonds is 5. The first-order chi connectivity index (χ1) is 11.7. The summed E-state index contributed by atoms with van der Waals surface area (Å²) in [6.45, 7) is 2.48. The van der Waals surface area contributed by atoms with E-state index in [2.05, 4.69) is 25.5 Å². The Balaban J connectivity index is 1.39. The van der Waals surface area contributed by atoms with E-state index in [4.69, 9.17) is 5.11 Å². The first kappa shape index (κ1) is 15.7. The Labute approximate surface area is 143 Å². The van der Waals surface area contributed by atoms with E-state index in [1.165, 1.54) is 11.3 Å². The number of carbonyl (C=O) groups is 1. The van der Waals surface area contributed by atoms with Crippen LogP contribution in [0, 0.1) is 11.8 Å². The fourth-order valence-electron chi connectivity index (χ4n) is 3.82. The summed E-state index contributed by atoms with van der Waals surface area (Å²) in [6, 6.07) is 0.376. The van der Waals surface area contributed by atoms with Crippen molar-refractivity contribution < 1.29 is 9.90 Å². The van der Waals surface area contributed by atoms with Gasteiger partial charge in [-0.25, -0.2) is 4.98 Å². The maximum absolute atomic E-state index is 12.5. The van der Waals surface area contributed by atoms with Crippen LogP contribution >= 0.6 is 11.3 Å². The zero-order valence-corrected chi connectivity index (χ0v) is 14.0. The van der Waals surface area contributed by atoms with Crippen molar-refractivity contribution >= 4 is 22.4 Å². The quantitative estimate of drug-likeness (QED) is 0.820. The molecule has 9 heteroatoms. The molecule has 3 aliphatic heterocycles. The van der Waals surface area contributed by atoms with Crippen LogP contribution in [-0.4, -0.2) is 55.0 Å². The molecule has 3 saturated heterocycles. The minimum Gasteiger partial charge on any atom is -0.390 e. The van der Waals surface area contributed by atoms with Crippen LogP contribution in [0.3, 0.4) is 0 Å². The van der Waals surface area contributed by atoms with Crippen molar-refractivity contribution in [1.82, 2.24) is 24.9 Å². The molecule has 128 valence electrons. The van der Waals surface area contributed by atoms with Crippen LogP contribution in [0.4, 0.5) is 5.13 Å². The Morgan fingerprint density at radius 1 is 1.50 bits per heavy atom. The zero-order valence-electron chi connectivity index (χ0n) is 13.2. The lowest BCUT2D eigenvalue weighted by molar-refractivity contribution is -0.127. The van der Waals surface area contributed by atoms with Crippen LogP contribution < -0.4 is 5.32 Å². The van der Waals surface area contributed by atoms with Gasteiger partial charge < -0.3 is 10.4 Å². The maximum atomic E-state index is 12.5. The molecule has 2 N–H and O–H groups in total. The highest BCUT2D eigenvalue weighted by Gasteiger charge is 2.43. The average molecular weight is 348 g/mol. The maximum Gasteiger partial charge on any atom is 0.230 e. The number of aliphatic hydroxyl groups is 1. The molecule has 3 fully saturated rings. The molecule has 5 rings (SSSR count). The second-order valence-electron chi connectivity index (χ2n) is 6.46. The summed E-state index contributed by atoms with van der Waals surface area (Å²) in [5.41, 5.74) is 0.590. The van der Waals surface area contributed by atoms with E-state index in [0.717, 1.165) is 32.5 Å². The highest BCUT2D eigenvalue weighted by molar-refractivity contribution is 7.13. The van der Waals surface area contributed by atoms with Gasteiger partial charge in [0.15, 0.2) is 5.13 Å². The molecule has 2 aromatic rings. The Morgan fingerprint density at radius 3 is 3.08 bits per heavy atom. The number of thiazole rings is 1. The number of hydrogen-bond donors (Lipinski definition) is 2. The van der Waals surface area contributed by atoms with Gasteiger partial charge in [-0.05, 0) is 25.3 Å². The molecule has 2 aromatic heterocycles. The number of nitrogens with zero attached hydrogens (tertiary/aromatic N) is 5. The summed E-state index contributed by atoms with van der Waals surface area (Å²) >= 11 is 1.45. The molecular formula is C15H20N6O2S. The molecule has 0 aliphatic carbocycles. The lowest BCUT2D eigenvalue weighted by Gasteiger charge is -2.49. The van der Waals surface area contributed by atoms with E-state index in [-0.39, 0.29) is 18.4 Å². The highest BCUT2D eigenvalue weighted by atomic mass is 32.1. The van der Waals surface area contributed by atoms with Gasteiger partial charge in [0, 0.05) is 24.2 Å². The standard InChI is InChI=1S/C15H20N6O2S/c22-9-11-6-21(19-18-11)7-12-5-10-1-3-20(12)8-13(10)14(23)17-15-16-2-4-24-15/h2,4,6,10,12-13,22H,1,3,5,7-9H2,(H,16,17,23)/t10-,12-,13+/m1/s1. The summed E-state index contributed by atoms with van der Waals surface area (Å²) in [7, 11) is 0. The van der Waals surface area contributed by atoms with E-state index in [1.807, 2.05) is 5.38 Å². The molecule has 0 aromatic carbocycles. The summed E-state index contributed by atoms with van der Waals surface area (Å²) in [4.78, 5) is 19.0. The molecule has 0 radical (unpaired) electrons. The van der Waals surface area contributed by atoms with Crippen molar-refractivity contribution in [2.75, 3.05) is 18.4 Å². The van der Waals surface area contributed by atoms with E-state index in [1.54, 1.807) is 17.1 Å². The van der Waals surface area contributed by atoms with Crippen molar-refractivity contribution in [2.45, 2.75) is 32.0 Å². The monoisotopic (exact) mass is 348 g/mol. The fourth-order valence-corrected chi connectivity index (χ4v) is 4.36. The topological polar surface area (TPSA) is 96.2 Å². The Kier molecular flexibility index (Phi) is 4.30. The zero-order chi connectivity index (χ0) is 16.5. The Morgan fingerprint density at radius 2 is 2.42 bits per heavy atom. The number of nitrogens with one attached hydrogen (secondary N) is 1. The SMILES string of the molecule is O=C(Nc1nccs1)[C@H]1CN2CC[C@@H]1C[C@@H]2Cn1cc(CO)nn1. The number of piperidine rings is 3. The van der Waals surface area contributed by atoms with Crippen molar-refractivity contribution in [1.29, 1.82) is 0 Å². The van der Waals surface area contributed by atoms with E-state index < -0.39 is 0 Å². The largest absolute Gasteiger partial charge is 0.390 e. The van der Waals surface area contributed by atoms with Gasteiger partial charge >= 0.3 is 0 Å². The lowest BCUT2D eigenvalue weighted by atomic mass is 9.75. The van der Waals surface area contributed by atoms with E-state index in [0.29, 0.717) is 22.8 Å². The molecule has 24 heavy (non-hydrogen) atoms. The first-order valence-electron chi connectivity index (χ1n) is 8.17. The van der Waals surface area contributed by atoms with E-state index in [9.17, 15) is 4.79 Å². The number of anilines is 1. The summed E-state index contributed by atoms with van der Waals surface area (Å²) in [6.07, 6.45) is 5.54. The van der Waals surface area contributed by atoms with Crippen molar-refractivity contribution in [3.8, 4) is 0 Å². The smallest absolute Gasteiger partial charge is 0.230 e. The molecular weight excluding hydrogens is 328 g/mol. The third-order valence-electron chi connectivity index (χ3n) is 5.02. The molecule has 2 bridgehead atoms. The van der Waals surface area contributed by atoms with Gasteiger partial charge in [0.1, 0.15) is 5.69 Å². The second kappa shape index (κ2) is 6.58. The Hall–Kier alpha value is -1.84. The molecule has 8 nitrogen and oxygen atoms in total. The molecule has 1 amide bonds. The molecule has 1 unspecified atom stereocenters. The van der Waals surface area contributed by atoms with Crippen LogP contribution in [0.2, 0.25) is 0 Å². The van der Waals surface area contributed by atoms with Crippen LogP contribution in [0.15, 0.2) is 17.8 Å². The number of aliphatic hydroxyl groups excluding tert-OH is 1. The van der Waals surface area contributed by atoms with Crippen molar-refractivity contribution in [2.24, 2.45) is 11.8 Å². The number of hydrogen-bond acceptors (Lipinski definition) is 7. The minimum atomic E-state index is -0.0873. The third kappa shape index (κ3) is 3.06. The molecule has 3 aliphatic rings. The molecule has 4 atom stereocenters. The Bertz CT molecular complexity index is 703. The number of aromatic nitrogens is 4. The van der Waals surface area contributed by atoms with Gasteiger partial charge in [0.2, 0.25) is 5.91 Å². The minimum absolute atomic E-state index is 0.0302. The van der Waals surface area contributed by atoms with Gasteiger partial charge in [-0.3, -0.25) is 14.4 Å². The second-order valence-corrected chi connectivity index (χ2v) is 7.35. The molecule has 0 spiro atoms. The predicted octanol–water partition coefficient (Wildman–Crippen LogP) is 0.576. The lowest BCUT2D eigenvalue weighted by Crippen LogP contribution is -2.57. The number of carbonyl (C=O) groups excluding carboxylic acids is 1. The summed E-state index contributed by atoms with van der Waals surface area (Å²) in [5, 5.41) is 22.5. The molecule has 5 heterocycles. The third-order valence-corrected chi connectivity index (χ3v) is 5.71. The highest BCUT2D eigenvalue weighted by Crippen LogP contribution is 2.37. The number of fused-ring (bicyclic) bond motifs is 3. The fraction of sp³-hybridized carbons (Fsp3) is 0.600. The van der Waals surface area contributed by atoms with Crippen molar-refractivity contribution in [3.63, 3.8) is 0 Å². The number of amides is 1. The van der Waals surface area contributed by atoms with Crippen LogP contribution in [-0.2, 0) is 17.9 Å². The van der Waals surface area contributed by atoms with Gasteiger partial charge in [-0.1, -0.05) is 5.21 Å². The molecule has 0 saturated carbocycles. The van der Waals surface area contributed by atoms with Gasteiger partial charge in [0.05, 0.1) is 25.3 Å². The first-order valence-corrected chi connectivity index (χ1v) is 9.05. The van der Waals surface area contributed by atoms with Crippen LogP contribution in [0.1, 0.15) is 18.5 Å². The summed E-state index contributed by atoms with van der Waals surface area (Å²) in [5.74, 6) is 0.518. The normalized spacial score (nSPS) is 28.9. The predicted molar refractivity (Wildman–Crippen MR) is 88.3 cm³/mol. The van der Waals surface area contributed by atoms with Crippen LogP contribution in [0.5, 0.6) is 0 Å². The average Bonchev–Trinajstić information content (AvgIpc) is 3.27. The van der Waals surface area contributed by atoms with Crippen LogP contribution in [0.25, 0.3) is 0 Å². The van der Waals surface area contributed by atoms with Gasteiger partial charge in [-0.2, -0.15) is 0 Å².